The summed E-state index contributed by atoms with van der Waals surface area (Å²) < 4.78 is 31.3. The van der Waals surface area contributed by atoms with E-state index in [1.165, 1.54) is 0 Å². The molecule has 8 heteroatoms. The summed E-state index contributed by atoms with van der Waals surface area (Å²) in [5, 5.41) is 4.30. The molecule has 0 N–H and O–H groups in total. The lowest BCUT2D eigenvalue weighted by atomic mass is 9.71. The molecule has 0 saturated carbocycles. The van der Waals surface area contributed by atoms with E-state index in [2.05, 4.69) is 5.10 Å². The number of aromatic nitrogens is 2. The average molecular weight is 416 g/mol. The van der Waals surface area contributed by atoms with Crippen LogP contribution in [0.1, 0.15) is 41.0 Å². The maximum Gasteiger partial charge on any atom is 0.266 e. The number of aryl methyl sites for hydroxylation is 2. The number of benzene rings is 1. The lowest BCUT2D eigenvalue weighted by molar-refractivity contribution is -0.166. The van der Waals surface area contributed by atoms with E-state index >= 15 is 0 Å². The van der Waals surface area contributed by atoms with Crippen LogP contribution in [0, 0.1) is 12.3 Å². The van der Waals surface area contributed by atoms with Crippen LogP contribution in [0.5, 0.6) is 0 Å². The third-order valence-corrected chi connectivity index (χ3v) is 6.10. The zero-order chi connectivity index (χ0) is 21.5. The van der Waals surface area contributed by atoms with Crippen LogP contribution < -0.4 is 0 Å². The summed E-state index contributed by atoms with van der Waals surface area (Å²) in [6.07, 6.45) is 0.477. The predicted octanol–water partition coefficient (Wildman–Crippen LogP) is 3.02. The van der Waals surface area contributed by atoms with E-state index in [9.17, 15) is 18.4 Å². The molecular formula is C22H26F2N4O2. The van der Waals surface area contributed by atoms with Crippen molar-refractivity contribution in [3.8, 4) is 0 Å². The highest BCUT2D eigenvalue weighted by Crippen LogP contribution is 2.45. The first-order valence-electron chi connectivity index (χ1n) is 10.2. The van der Waals surface area contributed by atoms with Gasteiger partial charge in [0.25, 0.3) is 11.8 Å². The Kier molecular flexibility index (Phi) is 5.11. The van der Waals surface area contributed by atoms with Crippen LogP contribution in [-0.2, 0) is 18.4 Å². The molecular weight excluding hydrogens is 390 g/mol. The van der Waals surface area contributed by atoms with Gasteiger partial charge >= 0.3 is 0 Å². The van der Waals surface area contributed by atoms with E-state index in [4.69, 9.17) is 0 Å². The van der Waals surface area contributed by atoms with Crippen molar-refractivity contribution in [2.45, 2.75) is 38.7 Å². The summed E-state index contributed by atoms with van der Waals surface area (Å²) >= 11 is 0. The number of likely N-dealkylation sites (tertiary alicyclic amines) is 2. The Bertz CT molecular complexity index is 959. The normalized spacial score (nSPS) is 23.8. The molecule has 2 aliphatic rings. The maximum absolute atomic E-state index is 14.8. The van der Waals surface area contributed by atoms with Gasteiger partial charge in [0.1, 0.15) is 0 Å². The van der Waals surface area contributed by atoms with Crippen molar-refractivity contribution in [3.05, 3.63) is 53.3 Å². The Labute approximate surface area is 174 Å². The fraction of sp³-hybridized carbons (Fsp3) is 0.500. The van der Waals surface area contributed by atoms with E-state index < -0.39 is 30.2 Å². The van der Waals surface area contributed by atoms with Gasteiger partial charge in [0, 0.05) is 32.1 Å². The highest BCUT2D eigenvalue weighted by Gasteiger charge is 2.56. The lowest BCUT2D eigenvalue weighted by Gasteiger charge is -2.49. The van der Waals surface area contributed by atoms with Crippen LogP contribution in [0.2, 0.25) is 0 Å². The van der Waals surface area contributed by atoms with Gasteiger partial charge in [0.2, 0.25) is 5.91 Å². The summed E-state index contributed by atoms with van der Waals surface area (Å²) in [6.45, 7) is 2.09. The fourth-order valence-electron chi connectivity index (χ4n) is 4.84. The van der Waals surface area contributed by atoms with Gasteiger partial charge in [-0.2, -0.15) is 5.10 Å². The first kappa shape index (κ1) is 20.5. The molecule has 1 aromatic heterocycles. The highest BCUT2D eigenvalue weighted by atomic mass is 19.3. The molecule has 160 valence electrons. The molecule has 1 aromatic carbocycles. The molecule has 4 rings (SSSR count). The first-order chi connectivity index (χ1) is 14.2. The molecule has 6 nitrogen and oxygen atoms in total. The molecule has 0 bridgehead atoms. The number of amides is 2. The fourth-order valence-corrected chi connectivity index (χ4v) is 4.84. The molecule has 2 aliphatic heterocycles. The Hall–Kier alpha value is -2.77. The summed E-state index contributed by atoms with van der Waals surface area (Å²) in [5.74, 6) is -3.86. The smallest absolute Gasteiger partial charge is 0.266 e. The van der Waals surface area contributed by atoms with Gasteiger partial charge in [-0.05, 0) is 38.0 Å². The maximum atomic E-state index is 14.8. The molecule has 0 radical (unpaired) electrons. The number of piperidine rings is 2. The largest absolute Gasteiger partial charge is 0.336 e. The Morgan fingerprint density at radius 2 is 1.93 bits per heavy atom. The van der Waals surface area contributed by atoms with Crippen molar-refractivity contribution >= 4 is 11.8 Å². The van der Waals surface area contributed by atoms with E-state index in [0.717, 1.165) is 16.3 Å². The SMILES string of the molecule is Cc1cc(CN2CCC[C@@]3(CN(C(=O)c4ccccc4)CC(F)(F)C3)C2=O)n(C)n1. The zero-order valence-electron chi connectivity index (χ0n) is 17.3. The van der Waals surface area contributed by atoms with E-state index in [0.29, 0.717) is 31.5 Å². The van der Waals surface area contributed by atoms with Gasteiger partial charge in [-0.1, -0.05) is 18.2 Å². The van der Waals surface area contributed by atoms with Crippen LogP contribution in [-0.4, -0.2) is 57.0 Å². The molecule has 3 heterocycles. The van der Waals surface area contributed by atoms with Gasteiger partial charge < -0.3 is 9.80 Å². The molecule has 1 spiro atoms. The number of rotatable bonds is 3. The van der Waals surface area contributed by atoms with Gasteiger partial charge in [0.15, 0.2) is 0 Å². The molecule has 2 fully saturated rings. The van der Waals surface area contributed by atoms with Crippen molar-refractivity contribution in [3.63, 3.8) is 0 Å². The minimum Gasteiger partial charge on any atom is -0.336 e. The van der Waals surface area contributed by atoms with Gasteiger partial charge in [-0.3, -0.25) is 14.3 Å². The molecule has 1 atom stereocenters. The van der Waals surface area contributed by atoms with Crippen LogP contribution in [0.25, 0.3) is 0 Å². The van der Waals surface area contributed by atoms with E-state index in [1.54, 1.807) is 39.9 Å². The minimum absolute atomic E-state index is 0.0239. The first-order valence-corrected chi connectivity index (χ1v) is 10.2. The average Bonchev–Trinajstić information content (AvgIpc) is 3.01. The molecule has 2 saturated heterocycles. The number of carbonyl (C=O) groups is 2. The summed E-state index contributed by atoms with van der Waals surface area (Å²) in [5.41, 5.74) is 0.807. The van der Waals surface area contributed by atoms with Crippen molar-refractivity contribution in [2.75, 3.05) is 19.6 Å². The molecule has 30 heavy (non-hydrogen) atoms. The number of hydrogen-bond donors (Lipinski definition) is 0. The van der Waals surface area contributed by atoms with E-state index in [1.807, 2.05) is 20.0 Å². The Balaban J connectivity index is 1.60. The topological polar surface area (TPSA) is 58.4 Å². The quantitative estimate of drug-likeness (QED) is 0.773. The lowest BCUT2D eigenvalue weighted by Crippen LogP contribution is -2.61. The van der Waals surface area contributed by atoms with Gasteiger partial charge in [-0.25, -0.2) is 8.78 Å². The molecule has 2 aromatic rings. The minimum atomic E-state index is -3.11. The predicted molar refractivity (Wildman–Crippen MR) is 107 cm³/mol. The van der Waals surface area contributed by atoms with Crippen LogP contribution in [0.15, 0.2) is 36.4 Å². The standard InChI is InChI=1S/C22H26F2N4O2/c1-16-11-18(26(2)25-16)12-27-10-6-9-21(20(27)30)13-22(23,24)15-28(14-21)19(29)17-7-4-3-5-8-17/h3-5,7-8,11H,6,9-10,12-15H2,1-2H3/t21-/m1/s1. The van der Waals surface area contributed by atoms with Crippen molar-refractivity contribution in [1.82, 2.24) is 19.6 Å². The van der Waals surface area contributed by atoms with Crippen molar-refractivity contribution < 1.29 is 18.4 Å². The summed E-state index contributed by atoms with van der Waals surface area (Å²) in [7, 11) is 1.81. The van der Waals surface area contributed by atoms with Crippen LogP contribution in [0.4, 0.5) is 8.78 Å². The zero-order valence-corrected chi connectivity index (χ0v) is 17.3. The number of carbonyl (C=O) groups excluding carboxylic acids is 2. The number of nitrogens with zero attached hydrogens (tertiary/aromatic N) is 4. The molecule has 0 unspecified atom stereocenters. The number of alkyl halides is 2. The highest BCUT2D eigenvalue weighted by molar-refractivity contribution is 5.95. The second-order valence-corrected chi connectivity index (χ2v) is 8.57. The third-order valence-electron chi connectivity index (χ3n) is 6.10. The molecule has 0 aliphatic carbocycles. The second kappa shape index (κ2) is 7.49. The van der Waals surface area contributed by atoms with Crippen LogP contribution >= 0.6 is 0 Å². The Morgan fingerprint density at radius 1 is 1.20 bits per heavy atom. The van der Waals surface area contributed by atoms with E-state index in [-0.39, 0.29) is 12.5 Å². The van der Waals surface area contributed by atoms with Crippen LogP contribution in [0.3, 0.4) is 0 Å². The molecule has 2 amide bonds. The van der Waals surface area contributed by atoms with Crippen molar-refractivity contribution in [1.29, 1.82) is 0 Å². The second-order valence-electron chi connectivity index (χ2n) is 8.57. The van der Waals surface area contributed by atoms with Gasteiger partial charge in [0.05, 0.1) is 29.9 Å². The summed E-state index contributed by atoms with van der Waals surface area (Å²) in [6, 6.07) is 10.3. The number of halogens is 2. The summed E-state index contributed by atoms with van der Waals surface area (Å²) in [4.78, 5) is 29.1. The van der Waals surface area contributed by atoms with Gasteiger partial charge in [-0.15, -0.1) is 0 Å². The monoisotopic (exact) mass is 416 g/mol. The number of hydrogen-bond acceptors (Lipinski definition) is 3. The Morgan fingerprint density at radius 3 is 2.60 bits per heavy atom. The third kappa shape index (κ3) is 3.82. The van der Waals surface area contributed by atoms with Crippen molar-refractivity contribution in [2.24, 2.45) is 12.5 Å².